The predicted molar refractivity (Wildman–Crippen MR) is 141 cm³/mol. The minimum Gasteiger partial charge on any atom is -0.485 e. The van der Waals surface area contributed by atoms with Gasteiger partial charge in [-0.2, -0.15) is 18.3 Å². The number of esters is 1. The number of carbonyl (C=O) groups excluding carboxylic acids is 2. The zero-order valence-corrected chi connectivity index (χ0v) is 22.5. The van der Waals surface area contributed by atoms with Gasteiger partial charge in [-0.25, -0.2) is 4.68 Å². The minimum absolute atomic E-state index is 0.114. The van der Waals surface area contributed by atoms with Crippen molar-refractivity contribution in [1.82, 2.24) is 15.1 Å². The van der Waals surface area contributed by atoms with Gasteiger partial charge in [-0.05, 0) is 68.1 Å². The van der Waals surface area contributed by atoms with Gasteiger partial charge >= 0.3 is 12.1 Å². The summed E-state index contributed by atoms with van der Waals surface area (Å²) in [6.45, 7) is 7.79. The lowest BCUT2D eigenvalue weighted by Gasteiger charge is -2.21. The highest BCUT2D eigenvalue weighted by Gasteiger charge is 2.32. The van der Waals surface area contributed by atoms with E-state index in [1.807, 2.05) is 32.9 Å². The number of aryl methyl sites for hydroxylation is 1. The van der Waals surface area contributed by atoms with Gasteiger partial charge in [-0.15, -0.1) is 0 Å². The van der Waals surface area contributed by atoms with Gasteiger partial charge in [0.05, 0.1) is 30.5 Å². The quantitative estimate of drug-likeness (QED) is 0.260. The van der Waals surface area contributed by atoms with Crippen molar-refractivity contribution >= 4 is 11.9 Å². The summed E-state index contributed by atoms with van der Waals surface area (Å²) in [4.78, 5) is 24.5. The summed E-state index contributed by atoms with van der Waals surface area (Å²) in [6.07, 6.45) is -0.719. The second kappa shape index (κ2) is 13.3. The number of benzene rings is 2. The molecule has 3 aromatic rings. The van der Waals surface area contributed by atoms with E-state index in [1.165, 1.54) is 4.68 Å². The van der Waals surface area contributed by atoms with Crippen LogP contribution in [-0.4, -0.2) is 34.3 Å². The molecule has 0 radical (unpaired) electrons. The molecule has 0 saturated carbocycles. The molecule has 1 aromatic heterocycles. The Morgan fingerprint density at radius 3 is 2.36 bits per heavy atom. The van der Waals surface area contributed by atoms with Crippen LogP contribution in [0.15, 0.2) is 54.9 Å². The van der Waals surface area contributed by atoms with Crippen molar-refractivity contribution in [2.24, 2.45) is 0 Å². The van der Waals surface area contributed by atoms with Crippen molar-refractivity contribution in [3.8, 4) is 11.4 Å². The molecule has 0 bridgehead atoms. The first kappa shape index (κ1) is 29.7. The topological polar surface area (TPSA) is 82.5 Å². The van der Waals surface area contributed by atoms with Crippen molar-refractivity contribution < 1.29 is 32.2 Å². The van der Waals surface area contributed by atoms with Crippen molar-refractivity contribution in [3.63, 3.8) is 0 Å². The van der Waals surface area contributed by atoms with Crippen LogP contribution in [0.25, 0.3) is 5.69 Å². The van der Waals surface area contributed by atoms with Crippen LogP contribution < -0.4 is 10.1 Å². The fourth-order valence-electron chi connectivity index (χ4n) is 4.06. The van der Waals surface area contributed by atoms with Gasteiger partial charge in [0.1, 0.15) is 11.9 Å². The molecule has 0 fully saturated rings. The van der Waals surface area contributed by atoms with E-state index in [9.17, 15) is 22.8 Å². The van der Waals surface area contributed by atoms with E-state index in [4.69, 9.17) is 9.47 Å². The predicted octanol–water partition coefficient (Wildman–Crippen LogP) is 6.58. The number of hydrogen-bond donors (Lipinski definition) is 1. The summed E-state index contributed by atoms with van der Waals surface area (Å²) in [5.74, 6) is -0.0186. The highest BCUT2D eigenvalue weighted by atomic mass is 19.4. The first-order chi connectivity index (χ1) is 18.5. The molecular weight excluding hydrogens is 511 g/mol. The summed E-state index contributed by atoms with van der Waals surface area (Å²) in [5, 5.41) is 6.71. The number of carbonyl (C=O) groups is 2. The Morgan fingerprint density at radius 1 is 1.08 bits per heavy atom. The van der Waals surface area contributed by atoms with Crippen molar-refractivity contribution in [2.45, 2.75) is 71.7 Å². The molecule has 210 valence electrons. The summed E-state index contributed by atoms with van der Waals surface area (Å²) in [6, 6.07) is 11.9. The standard InChI is InChI=1S/C29H34F3N3O4/c1-5-8-26(20-9-11-21(12-10-20)28(37)34-23(6-2)16-27(36)38-7-3)39-25-14-13-24(15-19(25)4)35-18-22(17-33-35)29(30,31)32/h9-15,17-18,23,26H,5-8,16H2,1-4H3,(H,34,37). The lowest BCUT2D eigenvalue weighted by Crippen LogP contribution is -2.36. The Bertz CT molecular complexity index is 1260. The van der Waals surface area contributed by atoms with Gasteiger partial charge in [0.25, 0.3) is 5.91 Å². The molecule has 7 nitrogen and oxygen atoms in total. The lowest BCUT2D eigenvalue weighted by molar-refractivity contribution is -0.143. The summed E-state index contributed by atoms with van der Waals surface area (Å²) < 4.78 is 51.3. The molecule has 2 unspecified atom stereocenters. The number of rotatable bonds is 12. The zero-order chi connectivity index (χ0) is 28.6. The Kier molecular flexibility index (Phi) is 10.1. The number of ether oxygens (including phenoxy) is 2. The number of hydrogen-bond acceptors (Lipinski definition) is 5. The average Bonchev–Trinajstić information content (AvgIpc) is 3.40. The summed E-state index contributed by atoms with van der Waals surface area (Å²) >= 11 is 0. The van der Waals surface area contributed by atoms with Gasteiger partial charge in [-0.1, -0.05) is 32.4 Å². The van der Waals surface area contributed by atoms with Crippen LogP contribution >= 0.6 is 0 Å². The van der Waals surface area contributed by atoms with Gasteiger partial charge in [0.2, 0.25) is 0 Å². The van der Waals surface area contributed by atoms with Crippen LogP contribution in [0.2, 0.25) is 0 Å². The molecule has 3 rings (SSSR count). The maximum Gasteiger partial charge on any atom is 0.419 e. The molecule has 2 atom stereocenters. The fourth-order valence-corrected chi connectivity index (χ4v) is 4.06. The van der Waals surface area contributed by atoms with E-state index in [0.29, 0.717) is 30.0 Å². The van der Waals surface area contributed by atoms with E-state index in [0.717, 1.165) is 36.4 Å². The molecular formula is C29H34F3N3O4. The van der Waals surface area contributed by atoms with Crippen molar-refractivity contribution in [3.05, 3.63) is 77.1 Å². The van der Waals surface area contributed by atoms with Crippen molar-refractivity contribution in [2.75, 3.05) is 6.61 Å². The summed E-state index contributed by atoms with van der Waals surface area (Å²) in [7, 11) is 0. The van der Waals surface area contributed by atoms with Gasteiger partial charge < -0.3 is 14.8 Å². The second-order valence-electron chi connectivity index (χ2n) is 9.23. The number of nitrogens with zero attached hydrogens (tertiary/aromatic N) is 2. The maximum absolute atomic E-state index is 12.9. The SMILES string of the molecule is CCCC(Oc1ccc(-n2cc(C(F)(F)F)cn2)cc1C)c1ccc(C(=O)NC(CC)CC(=O)OCC)cc1. The molecule has 39 heavy (non-hydrogen) atoms. The monoisotopic (exact) mass is 545 g/mol. The second-order valence-corrected chi connectivity index (χ2v) is 9.23. The molecule has 1 amide bonds. The minimum atomic E-state index is -4.46. The Balaban J connectivity index is 1.71. The zero-order valence-electron chi connectivity index (χ0n) is 22.5. The fraction of sp³-hybridized carbons (Fsp3) is 0.414. The summed E-state index contributed by atoms with van der Waals surface area (Å²) in [5.41, 5.74) is 1.78. The van der Waals surface area contributed by atoms with Crippen LogP contribution in [0.5, 0.6) is 5.75 Å². The lowest BCUT2D eigenvalue weighted by atomic mass is 10.0. The van der Waals surface area contributed by atoms with Gasteiger partial charge in [0, 0.05) is 17.8 Å². The van der Waals surface area contributed by atoms with Gasteiger partial charge in [-0.3, -0.25) is 9.59 Å². The third kappa shape index (κ3) is 8.08. The largest absolute Gasteiger partial charge is 0.485 e. The van der Waals surface area contributed by atoms with Crippen molar-refractivity contribution in [1.29, 1.82) is 0 Å². The Labute approximate surface area is 226 Å². The van der Waals surface area contributed by atoms with E-state index in [1.54, 1.807) is 37.3 Å². The van der Waals surface area contributed by atoms with Crippen LogP contribution in [0.4, 0.5) is 13.2 Å². The molecule has 1 N–H and O–H groups in total. The number of alkyl halides is 3. The third-order valence-corrected chi connectivity index (χ3v) is 6.24. The van der Waals surface area contributed by atoms with Crippen LogP contribution in [0.3, 0.4) is 0 Å². The van der Waals surface area contributed by atoms with Gasteiger partial charge in [0.15, 0.2) is 0 Å². The smallest absolute Gasteiger partial charge is 0.419 e. The number of aromatic nitrogens is 2. The molecule has 0 aliphatic rings. The molecule has 0 aliphatic heterocycles. The van der Waals surface area contributed by atoms with E-state index in [-0.39, 0.29) is 30.4 Å². The van der Waals surface area contributed by atoms with Crippen LogP contribution in [-0.2, 0) is 15.7 Å². The normalized spacial score (nSPS) is 13.0. The average molecular weight is 546 g/mol. The molecule has 0 aliphatic carbocycles. The number of halogens is 3. The molecule has 0 spiro atoms. The molecule has 10 heteroatoms. The van der Waals surface area contributed by atoms with Crippen LogP contribution in [0, 0.1) is 6.92 Å². The number of nitrogens with one attached hydrogen (secondary N) is 1. The highest BCUT2D eigenvalue weighted by Crippen LogP contribution is 2.32. The molecule has 1 heterocycles. The first-order valence-electron chi connectivity index (χ1n) is 13.0. The van der Waals surface area contributed by atoms with Crippen LogP contribution in [0.1, 0.15) is 79.6 Å². The van der Waals surface area contributed by atoms with E-state index in [2.05, 4.69) is 10.4 Å². The molecule has 0 saturated heterocycles. The third-order valence-electron chi connectivity index (χ3n) is 6.24. The van der Waals surface area contributed by atoms with E-state index < -0.39 is 11.7 Å². The number of amides is 1. The maximum atomic E-state index is 12.9. The first-order valence-corrected chi connectivity index (χ1v) is 13.0. The highest BCUT2D eigenvalue weighted by molar-refractivity contribution is 5.94. The van der Waals surface area contributed by atoms with E-state index >= 15 is 0 Å². The molecule has 2 aromatic carbocycles. The Hall–Kier alpha value is -3.82. The Morgan fingerprint density at radius 2 is 1.79 bits per heavy atom.